The highest BCUT2D eigenvalue weighted by Gasteiger charge is 2.22. The number of ether oxygens (including phenoxy) is 1. The summed E-state index contributed by atoms with van der Waals surface area (Å²) in [4.78, 5) is 13.7. The number of phenols is 1. The maximum absolute atomic E-state index is 12.0. The predicted molar refractivity (Wildman–Crippen MR) is 72.1 cm³/mol. The number of amides is 1. The van der Waals surface area contributed by atoms with E-state index in [0.29, 0.717) is 24.6 Å². The van der Waals surface area contributed by atoms with E-state index in [1.54, 1.807) is 30.1 Å². The SMILES string of the molecule is COc1cc(CN(C)C(=O)CC2CNC2)ccc1O. The second kappa shape index (κ2) is 5.93. The lowest BCUT2D eigenvalue weighted by Gasteiger charge is -2.28. The fourth-order valence-electron chi connectivity index (χ4n) is 2.08. The average Bonchev–Trinajstić information content (AvgIpc) is 2.35. The van der Waals surface area contributed by atoms with Gasteiger partial charge in [0, 0.05) is 20.0 Å². The van der Waals surface area contributed by atoms with E-state index in [0.717, 1.165) is 18.7 Å². The number of hydrogen-bond donors (Lipinski definition) is 2. The molecule has 5 nitrogen and oxygen atoms in total. The van der Waals surface area contributed by atoms with Crippen LogP contribution in [0.15, 0.2) is 18.2 Å². The van der Waals surface area contributed by atoms with E-state index >= 15 is 0 Å². The molecule has 1 aromatic carbocycles. The fraction of sp³-hybridized carbons (Fsp3) is 0.500. The number of aromatic hydroxyl groups is 1. The molecular weight excluding hydrogens is 244 g/mol. The van der Waals surface area contributed by atoms with Crippen LogP contribution in [0.2, 0.25) is 0 Å². The third kappa shape index (κ3) is 3.38. The van der Waals surface area contributed by atoms with Gasteiger partial charge in [-0.3, -0.25) is 4.79 Å². The zero-order chi connectivity index (χ0) is 13.8. The molecule has 1 saturated heterocycles. The van der Waals surface area contributed by atoms with Crippen LogP contribution < -0.4 is 10.1 Å². The molecule has 19 heavy (non-hydrogen) atoms. The first-order valence-electron chi connectivity index (χ1n) is 6.40. The topological polar surface area (TPSA) is 61.8 Å². The summed E-state index contributed by atoms with van der Waals surface area (Å²) in [7, 11) is 3.31. The van der Waals surface area contributed by atoms with E-state index in [1.165, 1.54) is 7.11 Å². The van der Waals surface area contributed by atoms with E-state index in [1.807, 2.05) is 0 Å². The van der Waals surface area contributed by atoms with Crippen molar-refractivity contribution in [3.63, 3.8) is 0 Å². The summed E-state index contributed by atoms with van der Waals surface area (Å²) >= 11 is 0. The van der Waals surface area contributed by atoms with Crippen molar-refractivity contribution in [1.82, 2.24) is 10.2 Å². The van der Waals surface area contributed by atoms with Crippen LogP contribution in [0.3, 0.4) is 0 Å². The van der Waals surface area contributed by atoms with Gasteiger partial charge in [-0.25, -0.2) is 0 Å². The summed E-state index contributed by atoms with van der Waals surface area (Å²) in [5.41, 5.74) is 0.942. The van der Waals surface area contributed by atoms with Gasteiger partial charge < -0.3 is 20.1 Å². The lowest BCUT2D eigenvalue weighted by Crippen LogP contribution is -2.44. The van der Waals surface area contributed by atoms with Gasteiger partial charge in [0.05, 0.1) is 7.11 Å². The molecular formula is C14H20N2O3. The van der Waals surface area contributed by atoms with Gasteiger partial charge in [0.1, 0.15) is 0 Å². The van der Waals surface area contributed by atoms with Crippen molar-refractivity contribution in [3.05, 3.63) is 23.8 Å². The van der Waals surface area contributed by atoms with E-state index in [-0.39, 0.29) is 11.7 Å². The summed E-state index contributed by atoms with van der Waals surface area (Å²) in [6.45, 7) is 2.40. The molecule has 1 heterocycles. The van der Waals surface area contributed by atoms with E-state index in [9.17, 15) is 9.90 Å². The van der Waals surface area contributed by atoms with Crippen LogP contribution in [-0.4, -0.2) is 43.2 Å². The molecule has 0 spiro atoms. The maximum atomic E-state index is 12.0. The van der Waals surface area contributed by atoms with Gasteiger partial charge in [0.25, 0.3) is 0 Å². The van der Waals surface area contributed by atoms with Crippen LogP contribution in [-0.2, 0) is 11.3 Å². The standard InChI is InChI=1S/C14H20N2O3/c1-16(14(18)6-11-7-15-8-11)9-10-3-4-12(17)13(5-10)19-2/h3-5,11,15,17H,6-9H2,1-2H3. The maximum Gasteiger partial charge on any atom is 0.222 e. The predicted octanol–water partition coefficient (Wildman–Crippen LogP) is 0.969. The van der Waals surface area contributed by atoms with Gasteiger partial charge in [0.15, 0.2) is 11.5 Å². The molecule has 0 bridgehead atoms. The number of carbonyl (C=O) groups excluding carboxylic acids is 1. The van der Waals surface area contributed by atoms with Crippen molar-refractivity contribution >= 4 is 5.91 Å². The van der Waals surface area contributed by atoms with Crippen LogP contribution in [0.1, 0.15) is 12.0 Å². The van der Waals surface area contributed by atoms with Crippen molar-refractivity contribution < 1.29 is 14.6 Å². The van der Waals surface area contributed by atoms with Crippen LogP contribution in [0.4, 0.5) is 0 Å². The molecule has 1 fully saturated rings. The van der Waals surface area contributed by atoms with Gasteiger partial charge in [-0.1, -0.05) is 6.07 Å². The first-order valence-corrected chi connectivity index (χ1v) is 6.40. The minimum atomic E-state index is 0.112. The molecule has 1 aliphatic rings. The number of carbonyl (C=O) groups is 1. The highest BCUT2D eigenvalue weighted by molar-refractivity contribution is 5.76. The highest BCUT2D eigenvalue weighted by Crippen LogP contribution is 2.26. The molecule has 2 rings (SSSR count). The van der Waals surface area contributed by atoms with Crippen molar-refractivity contribution in [3.8, 4) is 11.5 Å². The minimum Gasteiger partial charge on any atom is -0.504 e. The molecule has 2 N–H and O–H groups in total. The second-order valence-corrected chi connectivity index (χ2v) is 4.98. The van der Waals surface area contributed by atoms with Crippen LogP contribution >= 0.6 is 0 Å². The lowest BCUT2D eigenvalue weighted by molar-refractivity contribution is -0.131. The van der Waals surface area contributed by atoms with Gasteiger partial charge >= 0.3 is 0 Å². The molecule has 0 saturated carbocycles. The average molecular weight is 264 g/mol. The van der Waals surface area contributed by atoms with Gasteiger partial charge in [0.2, 0.25) is 5.91 Å². The minimum absolute atomic E-state index is 0.112. The number of phenolic OH excluding ortho intramolecular Hbond substituents is 1. The number of methoxy groups -OCH3 is 1. The lowest BCUT2D eigenvalue weighted by atomic mass is 9.99. The van der Waals surface area contributed by atoms with Crippen LogP contribution in [0, 0.1) is 5.92 Å². The Balaban J connectivity index is 1.93. The molecule has 0 unspecified atom stereocenters. The van der Waals surface area contributed by atoms with Gasteiger partial charge in [-0.15, -0.1) is 0 Å². The number of hydrogen-bond acceptors (Lipinski definition) is 4. The number of nitrogens with one attached hydrogen (secondary N) is 1. The van der Waals surface area contributed by atoms with E-state index < -0.39 is 0 Å². The Hall–Kier alpha value is -1.75. The Morgan fingerprint density at radius 1 is 1.53 bits per heavy atom. The second-order valence-electron chi connectivity index (χ2n) is 4.98. The Morgan fingerprint density at radius 2 is 2.26 bits per heavy atom. The number of benzene rings is 1. The zero-order valence-corrected chi connectivity index (χ0v) is 11.3. The summed E-state index contributed by atoms with van der Waals surface area (Å²) in [6.07, 6.45) is 0.596. The van der Waals surface area contributed by atoms with Crippen LogP contribution in [0.25, 0.3) is 0 Å². The van der Waals surface area contributed by atoms with Gasteiger partial charge in [-0.2, -0.15) is 0 Å². The Bertz CT molecular complexity index is 458. The van der Waals surface area contributed by atoms with E-state index in [4.69, 9.17) is 4.74 Å². The Morgan fingerprint density at radius 3 is 2.84 bits per heavy atom. The molecule has 0 aliphatic carbocycles. The Labute approximate surface area is 113 Å². The Kier molecular flexibility index (Phi) is 4.27. The van der Waals surface area contributed by atoms with Crippen LogP contribution in [0.5, 0.6) is 11.5 Å². The summed E-state index contributed by atoms with van der Waals surface area (Å²) in [5.74, 6) is 1.17. The van der Waals surface area contributed by atoms with Crippen molar-refractivity contribution in [2.45, 2.75) is 13.0 Å². The first kappa shape index (κ1) is 13.7. The van der Waals surface area contributed by atoms with Crippen molar-refractivity contribution in [2.24, 2.45) is 5.92 Å². The smallest absolute Gasteiger partial charge is 0.222 e. The highest BCUT2D eigenvalue weighted by atomic mass is 16.5. The normalized spacial score (nSPS) is 14.8. The largest absolute Gasteiger partial charge is 0.504 e. The molecule has 0 atom stereocenters. The molecule has 0 radical (unpaired) electrons. The molecule has 5 heteroatoms. The summed E-state index contributed by atoms with van der Waals surface area (Å²) in [5, 5.41) is 12.7. The number of nitrogens with zero attached hydrogens (tertiary/aromatic N) is 1. The molecule has 1 amide bonds. The fourth-order valence-corrected chi connectivity index (χ4v) is 2.08. The third-order valence-corrected chi connectivity index (χ3v) is 3.42. The van der Waals surface area contributed by atoms with Gasteiger partial charge in [-0.05, 0) is 36.7 Å². The molecule has 1 aromatic rings. The van der Waals surface area contributed by atoms with Crippen molar-refractivity contribution in [1.29, 1.82) is 0 Å². The summed E-state index contributed by atoms with van der Waals surface area (Å²) < 4.78 is 5.06. The quantitative estimate of drug-likeness (QED) is 0.832. The summed E-state index contributed by atoms with van der Waals surface area (Å²) in [6, 6.07) is 5.14. The van der Waals surface area contributed by atoms with Crippen molar-refractivity contribution in [2.75, 3.05) is 27.2 Å². The zero-order valence-electron chi connectivity index (χ0n) is 11.3. The van der Waals surface area contributed by atoms with E-state index in [2.05, 4.69) is 5.32 Å². The molecule has 0 aromatic heterocycles. The first-order chi connectivity index (χ1) is 9.10. The molecule has 1 aliphatic heterocycles. The monoisotopic (exact) mass is 264 g/mol. The number of rotatable bonds is 5. The molecule has 104 valence electrons. The third-order valence-electron chi connectivity index (χ3n) is 3.42.